The highest BCUT2D eigenvalue weighted by Crippen LogP contribution is 2.13. The van der Waals surface area contributed by atoms with Crippen molar-refractivity contribution in [1.29, 1.82) is 0 Å². The van der Waals surface area contributed by atoms with Gasteiger partial charge in [-0.25, -0.2) is 0 Å². The summed E-state index contributed by atoms with van der Waals surface area (Å²) in [6.45, 7) is 6.40. The van der Waals surface area contributed by atoms with E-state index in [-0.39, 0.29) is 31.1 Å². The van der Waals surface area contributed by atoms with Gasteiger partial charge in [0.2, 0.25) is 0 Å². The normalized spacial score (nSPS) is 12.7. The number of esters is 3. The van der Waals surface area contributed by atoms with Crippen LogP contribution in [0.2, 0.25) is 0 Å². The van der Waals surface area contributed by atoms with E-state index >= 15 is 0 Å². The van der Waals surface area contributed by atoms with Crippen LogP contribution in [-0.2, 0) is 28.6 Å². The van der Waals surface area contributed by atoms with Gasteiger partial charge in [0, 0.05) is 19.3 Å². The fourth-order valence-electron chi connectivity index (χ4n) is 6.28. The van der Waals surface area contributed by atoms with Gasteiger partial charge in [-0.05, 0) is 96.3 Å². The molecule has 0 amide bonds. The first-order valence-electron chi connectivity index (χ1n) is 23.9. The summed E-state index contributed by atoms with van der Waals surface area (Å²) in [6, 6.07) is 0. The van der Waals surface area contributed by atoms with E-state index in [4.69, 9.17) is 14.2 Å². The van der Waals surface area contributed by atoms with Crippen molar-refractivity contribution in [2.45, 2.75) is 226 Å². The molecule has 0 N–H and O–H groups in total. The summed E-state index contributed by atoms with van der Waals surface area (Å²) in [7, 11) is 0. The molecule has 0 aromatic heterocycles. The molecule has 0 fully saturated rings. The van der Waals surface area contributed by atoms with E-state index in [2.05, 4.69) is 93.7 Å². The second kappa shape index (κ2) is 46.5. The maximum Gasteiger partial charge on any atom is 0.306 e. The number of hydrogen-bond donors (Lipinski definition) is 0. The zero-order chi connectivity index (χ0) is 42.3. The van der Waals surface area contributed by atoms with Crippen LogP contribution in [0.5, 0.6) is 0 Å². The van der Waals surface area contributed by atoms with Gasteiger partial charge in [0.15, 0.2) is 6.10 Å². The van der Waals surface area contributed by atoms with Gasteiger partial charge < -0.3 is 14.2 Å². The van der Waals surface area contributed by atoms with E-state index in [0.29, 0.717) is 19.3 Å². The second-order valence-electron chi connectivity index (χ2n) is 15.6. The van der Waals surface area contributed by atoms with Gasteiger partial charge in [-0.2, -0.15) is 0 Å². The van der Waals surface area contributed by atoms with Crippen molar-refractivity contribution >= 4 is 17.9 Å². The van der Waals surface area contributed by atoms with Crippen LogP contribution >= 0.6 is 0 Å². The fraction of sp³-hybridized carbons (Fsp3) is 0.712. The van der Waals surface area contributed by atoms with Gasteiger partial charge in [0.25, 0.3) is 0 Å². The summed E-state index contributed by atoms with van der Waals surface area (Å²) < 4.78 is 16.7. The van der Waals surface area contributed by atoms with E-state index < -0.39 is 6.10 Å². The lowest BCUT2D eigenvalue weighted by Crippen LogP contribution is -2.30. The molecular weight excluding hydrogens is 721 g/mol. The predicted octanol–water partition coefficient (Wildman–Crippen LogP) is 15.5. The Labute approximate surface area is 357 Å². The van der Waals surface area contributed by atoms with Gasteiger partial charge in [0.1, 0.15) is 13.2 Å². The summed E-state index contributed by atoms with van der Waals surface area (Å²) in [5, 5.41) is 0. The first-order chi connectivity index (χ1) is 28.5. The van der Waals surface area contributed by atoms with Gasteiger partial charge in [-0.15, -0.1) is 0 Å². The molecule has 0 spiro atoms. The highest BCUT2D eigenvalue weighted by Gasteiger charge is 2.19. The molecule has 6 nitrogen and oxygen atoms in total. The lowest BCUT2D eigenvalue weighted by Gasteiger charge is -2.18. The number of ether oxygens (including phenoxy) is 3. The molecule has 0 saturated heterocycles. The number of unbranched alkanes of at least 4 members (excludes halogenated alkanes) is 19. The molecule has 0 aliphatic heterocycles. The first kappa shape index (κ1) is 54.9. The van der Waals surface area contributed by atoms with E-state index in [0.717, 1.165) is 122 Å². The van der Waals surface area contributed by atoms with E-state index in [9.17, 15) is 14.4 Å². The van der Waals surface area contributed by atoms with Crippen molar-refractivity contribution in [3.63, 3.8) is 0 Å². The number of hydrogen-bond acceptors (Lipinski definition) is 6. The summed E-state index contributed by atoms with van der Waals surface area (Å²) in [5.41, 5.74) is 0. The van der Waals surface area contributed by atoms with Gasteiger partial charge in [0.05, 0.1) is 0 Å². The molecule has 0 aromatic carbocycles. The van der Waals surface area contributed by atoms with E-state index in [1.807, 2.05) is 0 Å². The quantitative estimate of drug-likeness (QED) is 0.0264. The third-order valence-electron chi connectivity index (χ3n) is 9.91. The van der Waals surface area contributed by atoms with Gasteiger partial charge in [-0.1, -0.05) is 177 Å². The average Bonchev–Trinajstić information content (AvgIpc) is 3.22. The molecule has 0 aliphatic carbocycles. The maximum absolute atomic E-state index is 12.7. The Hall–Kier alpha value is -3.15. The number of allylic oxidation sites excluding steroid dienone is 12. The molecule has 332 valence electrons. The van der Waals surface area contributed by atoms with Crippen LogP contribution in [0.25, 0.3) is 0 Å². The van der Waals surface area contributed by atoms with Crippen molar-refractivity contribution in [2.75, 3.05) is 13.2 Å². The molecule has 0 aliphatic rings. The average molecular weight is 809 g/mol. The fourth-order valence-corrected chi connectivity index (χ4v) is 6.28. The van der Waals surface area contributed by atoms with E-state index in [1.54, 1.807) is 0 Å². The minimum Gasteiger partial charge on any atom is -0.462 e. The van der Waals surface area contributed by atoms with E-state index in [1.165, 1.54) is 57.8 Å². The number of carbonyl (C=O) groups excluding carboxylic acids is 3. The van der Waals surface area contributed by atoms with Crippen LogP contribution in [0.15, 0.2) is 72.9 Å². The highest BCUT2D eigenvalue weighted by atomic mass is 16.6. The van der Waals surface area contributed by atoms with Crippen molar-refractivity contribution in [3.05, 3.63) is 72.9 Å². The Morgan fingerprint density at radius 1 is 0.362 bits per heavy atom. The molecule has 0 saturated carbocycles. The minimum absolute atomic E-state index is 0.0902. The largest absolute Gasteiger partial charge is 0.462 e. The maximum atomic E-state index is 12.7. The molecule has 1 unspecified atom stereocenters. The SMILES string of the molecule is CC/C=C\C/C=C\C/C=C\C/C=C\CCCCCCCCC(=O)OCC(COC(=O)CCCCCC/C=C\CCCC)OC(=O)CCCCCCC/C=C\CCCC. The standard InChI is InChI=1S/C52H88O6/c1-4-7-10-13-16-19-22-23-24-25-26-27-28-29-31-33-36-39-42-45-51(54)57-48-49(47-56-50(53)44-41-38-35-32-21-18-15-12-9-6-3)58-52(55)46-43-40-37-34-30-20-17-14-11-8-5-2/h7,10,14-19,23-24,26-27,49H,4-6,8-9,11-13,20-22,25,28-48H2,1-3H3/b10-7-,17-14-,18-15-,19-16-,24-23-,27-26-. The van der Waals surface area contributed by atoms with Crippen molar-refractivity contribution in [2.24, 2.45) is 0 Å². The first-order valence-corrected chi connectivity index (χ1v) is 23.9. The monoisotopic (exact) mass is 809 g/mol. The van der Waals surface area contributed by atoms with Crippen LogP contribution in [0, 0.1) is 0 Å². The molecular formula is C52H88O6. The predicted molar refractivity (Wildman–Crippen MR) is 247 cm³/mol. The van der Waals surface area contributed by atoms with Gasteiger partial charge in [-0.3, -0.25) is 14.4 Å². The Morgan fingerprint density at radius 2 is 0.672 bits per heavy atom. The highest BCUT2D eigenvalue weighted by molar-refractivity contribution is 5.71. The summed E-state index contributed by atoms with van der Waals surface area (Å²) in [5.74, 6) is -0.931. The van der Waals surface area contributed by atoms with Crippen molar-refractivity contribution in [3.8, 4) is 0 Å². The molecule has 0 bridgehead atoms. The Bertz CT molecular complexity index is 1110. The topological polar surface area (TPSA) is 78.9 Å². The molecule has 0 aromatic rings. The third-order valence-corrected chi connectivity index (χ3v) is 9.91. The van der Waals surface area contributed by atoms with Crippen LogP contribution in [0.3, 0.4) is 0 Å². The van der Waals surface area contributed by atoms with Crippen LogP contribution < -0.4 is 0 Å². The molecule has 1 atom stereocenters. The summed E-state index contributed by atoms with van der Waals surface area (Å²) in [6.07, 6.45) is 57.4. The number of carbonyl (C=O) groups is 3. The zero-order valence-corrected chi connectivity index (χ0v) is 37.8. The molecule has 58 heavy (non-hydrogen) atoms. The third kappa shape index (κ3) is 44.0. The van der Waals surface area contributed by atoms with Crippen LogP contribution in [0.1, 0.15) is 220 Å². The summed E-state index contributed by atoms with van der Waals surface area (Å²) in [4.78, 5) is 37.8. The Balaban J connectivity index is 4.36. The minimum atomic E-state index is -0.787. The van der Waals surface area contributed by atoms with Crippen molar-refractivity contribution in [1.82, 2.24) is 0 Å². The van der Waals surface area contributed by atoms with Gasteiger partial charge >= 0.3 is 17.9 Å². The summed E-state index contributed by atoms with van der Waals surface area (Å²) >= 11 is 0. The lowest BCUT2D eigenvalue weighted by atomic mass is 10.1. The second-order valence-corrected chi connectivity index (χ2v) is 15.6. The molecule has 0 radical (unpaired) electrons. The smallest absolute Gasteiger partial charge is 0.306 e. The molecule has 0 heterocycles. The van der Waals surface area contributed by atoms with Crippen LogP contribution in [0.4, 0.5) is 0 Å². The van der Waals surface area contributed by atoms with Crippen LogP contribution in [-0.4, -0.2) is 37.2 Å². The Kier molecular flexibility index (Phi) is 44.0. The lowest BCUT2D eigenvalue weighted by molar-refractivity contribution is -0.167. The van der Waals surface area contributed by atoms with Crippen molar-refractivity contribution < 1.29 is 28.6 Å². The Morgan fingerprint density at radius 3 is 1.07 bits per heavy atom. The zero-order valence-electron chi connectivity index (χ0n) is 37.8. The molecule has 0 rings (SSSR count). The number of rotatable bonds is 42. The molecule has 6 heteroatoms.